The Morgan fingerprint density at radius 3 is 3.12 bits per heavy atom. The fourth-order valence-corrected chi connectivity index (χ4v) is 1.62. The van der Waals surface area contributed by atoms with Crippen molar-refractivity contribution >= 4 is 5.97 Å². The third kappa shape index (κ3) is 2.34. The molecule has 2 heterocycles. The minimum atomic E-state index is -0.886. The SMILES string of the molecule is Cn1nnc(CN2CCOCC2C(=O)O)n1. The van der Waals surface area contributed by atoms with E-state index in [1.165, 1.54) is 4.80 Å². The standard InChI is InChI=1S/C8H13N5O3/c1-12-10-7(9-11-12)4-13-2-3-16-5-6(13)8(14)15/h6H,2-5H2,1H3,(H,14,15). The fourth-order valence-electron chi connectivity index (χ4n) is 1.62. The van der Waals surface area contributed by atoms with E-state index in [2.05, 4.69) is 15.4 Å². The molecule has 1 aromatic rings. The fraction of sp³-hybridized carbons (Fsp3) is 0.750. The molecular formula is C8H13N5O3. The number of hydrogen-bond donors (Lipinski definition) is 1. The van der Waals surface area contributed by atoms with Gasteiger partial charge in [-0.1, -0.05) is 0 Å². The molecule has 8 nitrogen and oxygen atoms in total. The van der Waals surface area contributed by atoms with Crippen molar-refractivity contribution in [3.05, 3.63) is 5.82 Å². The molecule has 1 aliphatic rings. The summed E-state index contributed by atoms with van der Waals surface area (Å²) < 4.78 is 5.13. The van der Waals surface area contributed by atoms with E-state index in [-0.39, 0.29) is 6.61 Å². The Balaban J connectivity index is 2.03. The van der Waals surface area contributed by atoms with Gasteiger partial charge >= 0.3 is 5.97 Å². The second-order valence-electron chi connectivity index (χ2n) is 3.59. The van der Waals surface area contributed by atoms with Gasteiger partial charge in [0.15, 0.2) is 5.82 Å². The zero-order chi connectivity index (χ0) is 11.5. The van der Waals surface area contributed by atoms with Gasteiger partial charge in [-0.15, -0.1) is 10.2 Å². The number of aliphatic carboxylic acids is 1. The first-order valence-electron chi connectivity index (χ1n) is 4.94. The summed E-state index contributed by atoms with van der Waals surface area (Å²) in [6.07, 6.45) is 0. The maximum atomic E-state index is 11.0. The normalized spacial score (nSPS) is 22.2. The van der Waals surface area contributed by atoms with Gasteiger partial charge in [-0.3, -0.25) is 9.69 Å². The Morgan fingerprint density at radius 1 is 1.69 bits per heavy atom. The highest BCUT2D eigenvalue weighted by Gasteiger charge is 2.29. The second-order valence-corrected chi connectivity index (χ2v) is 3.59. The lowest BCUT2D eigenvalue weighted by atomic mass is 10.2. The topological polar surface area (TPSA) is 93.4 Å². The average molecular weight is 227 g/mol. The number of aryl methyl sites for hydroxylation is 1. The number of carboxylic acids is 1. The molecule has 1 N–H and O–H groups in total. The molecule has 1 saturated heterocycles. The van der Waals surface area contributed by atoms with E-state index in [9.17, 15) is 4.79 Å². The summed E-state index contributed by atoms with van der Waals surface area (Å²) in [6.45, 7) is 1.68. The number of ether oxygens (including phenoxy) is 1. The third-order valence-electron chi connectivity index (χ3n) is 2.42. The van der Waals surface area contributed by atoms with Crippen LogP contribution >= 0.6 is 0 Å². The molecule has 0 aromatic carbocycles. The highest BCUT2D eigenvalue weighted by molar-refractivity contribution is 5.73. The number of hydrogen-bond acceptors (Lipinski definition) is 6. The Morgan fingerprint density at radius 2 is 2.50 bits per heavy atom. The lowest BCUT2D eigenvalue weighted by molar-refractivity contribution is -0.150. The highest BCUT2D eigenvalue weighted by Crippen LogP contribution is 2.09. The molecule has 0 bridgehead atoms. The van der Waals surface area contributed by atoms with Crippen molar-refractivity contribution in [2.24, 2.45) is 7.05 Å². The Kier molecular flexibility index (Phi) is 3.11. The summed E-state index contributed by atoms with van der Waals surface area (Å²) in [7, 11) is 1.67. The van der Waals surface area contributed by atoms with Crippen LogP contribution in [-0.2, 0) is 23.1 Å². The summed E-state index contributed by atoms with van der Waals surface area (Å²) >= 11 is 0. The minimum absolute atomic E-state index is 0.204. The van der Waals surface area contributed by atoms with E-state index in [4.69, 9.17) is 9.84 Å². The van der Waals surface area contributed by atoms with Crippen LogP contribution in [-0.4, -0.2) is 62.0 Å². The molecular weight excluding hydrogens is 214 g/mol. The van der Waals surface area contributed by atoms with Gasteiger partial charge in [-0.25, -0.2) is 0 Å². The first-order chi connectivity index (χ1) is 7.66. The zero-order valence-corrected chi connectivity index (χ0v) is 8.91. The van der Waals surface area contributed by atoms with Gasteiger partial charge in [0.05, 0.1) is 26.8 Å². The lowest BCUT2D eigenvalue weighted by Crippen LogP contribution is -2.49. The van der Waals surface area contributed by atoms with Crippen molar-refractivity contribution in [3.63, 3.8) is 0 Å². The molecule has 1 aromatic heterocycles. The molecule has 1 unspecified atom stereocenters. The van der Waals surface area contributed by atoms with E-state index in [0.717, 1.165) is 0 Å². The maximum Gasteiger partial charge on any atom is 0.323 e. The van der Waals surface area contributed by atoms with Crippen LogP contribution in [0.3, 0.4) is 0 Å². The Bertz CT molecular complexity index is 380. The Labute approximate surface area is 91.8 Å². The number of carboxylic acid groups (broad SMARTS) is 1. The predicted octanol–water partition coefficient (Wildman–Crippen LogP) is -1.50. The van der Waals surface area contributed by atoms with Gasteiger partial charge in [0.25, 0.3) is 0 Å². The molecule has 0 amide bonds. The molecule has 0 saturated carbocycles. The van der Waals surface area contributed by atoms with Crippen LogP contribution in [0.4, 0.5) is 0 Å². The van der Waals surface area contributed by atoms with Crippen LogP contribution in [0, 0.1) is 0 Å². The van der Waals surface area contributed by atoms with E-state index in [1.807, 2.05) is 0 Å². The molecule has 8 heteroatoms. The molecule has 16 heavy (non-hydrogen) atoms. The lowest BCUT2D eigenvalue weighted by Gasteiger charge is -2.31. The Hall–Kier alpha value is -1.54. The molecule has 1 atom stereocenters. The summed E-state index contributed by atoms with van der Waals surface area (Å²) in [5, 5.41) is 20.6. The molecule has 0 spiro atoms. The predicted molar refractivity (Wildman–Crippen MR) is 51.5 cm³/mol. The van der Waals surface area contributed by atoms with Crippen LogP contribution in [0.1, 0.15) is 5.82 Å². The van der Waals surface area contributed by atoms with E-state index < -0.39 is 12.0 Å². The first-order valence-corrected chi connectivity index (χ1v) is 4.94. The summed E-state index contributed by atoms with van der Waals surface area (Å²) in [6, 6.07) is -0.627. The molecule has 0 radical (unpaired) electrons. The van der Waals surface area contributed by atoms with Crippen LogP contribution in [0.5, 0.6) is 0 Å². The number of morpholine rings is 1. The van der Waals surface area contributed by atoms with Gasteiger partial charge in [0.1, 0.15) is 6.04 Å². The van der Waals surface area contributed by atoms with Gasteiger partial charge in [-0.05, 0) is 5.21 Å². The van der Waals surface area contributed by atoms with E-state index >= 15 is 0 Å². The van der Waals surface area contributed by atoms with Crippen molar-refractivity contribution in [2.75, 3.05) is 19.8 Å². The number of nitrogens with zero attached hydrogens (tertiary/aromatic N) is 5. The first kappa shape index (κ1) is 11.0. The summed E-state index contributed by atoms with van der Waals surface area (Å²) in [5.74, 6) is -0.362. The second kappa shape index (κ2) is 4.54. The number of aromatic nitrogens is 4. The average Bonchev–Trinajstić information content (AvgIpc) is 2.64. The molecule has 88 valence electrons. The number of rotatable bonds is 3. The van der Waals surface area contributed by atoms with Gasteiger partial charge in [-0.2, -0.15) is 4.80 Å². The summed E-state index contributed by atoms with van der Waals surface area (Å²) in [5.41, 5.74) is 0. The van der Waals surface area contributed by atoms with Crippen molar-refractivity contribution < 1.29 is 14.6 Å². The van der Waals surface area contributed by atoms with Crippen molar-refractivity contribution in [1.82, 2.24) is 25.1 Å². The maximum absolute atomic E-state index is 11.0. The van der Waals surface area contributed by atoms with Crippen LogP contribution in [0.25, 0.3) is 0 Å². The monoisotopic (exact) mass is 227 g/mol. The van der Waals surface area contributed by atoms with Crippen LogP contribution in [0.2, 0.25) is 0 Å². The molecule has 2 rings (SSSR count). The molecule has 1 aliphatic heterocycles. The van der Waals surface area contributed by atoms with E-state index in [1.54, 1.807) is 11.9 Å². The quantitative estimate of drug-likeness (QED) is 0.671. The smallest absolute Gasteiger partial charge is 0.323 e. The highest BCUT2D eigenvalue weighted by atomic mass is 16.5. The minimum Gasteiger partial charge on any atom is -0.480 e. The third-order valence-corrected chi connectivity index (χ3v) is 2.42. The number of carbonyl (C=O) groups is 1. The number of tetrazole rings is 1. The van der Waals surface area contributed by atoms with Crippen molar-refractivity contribution in [1.29, 1.82) is 0 Å². The summed E-state index contributed by atoms with van der Waals surface area (Å²) in [4.78, 5) is 14.1. The van der Waals surface area contributed by atoms with Crippen LogP contribution in [0.15, 0.2) is 0 Å². The van der Waals surface area contributed by atoms with Crippen LogP contribution < -0.4 is 0 Å². The van der Waals surface area contributed by atoms with Gasteiger partial charge in [0, 0.05) is 6.54 Å². The zero-order valence-electron chi connectivity index (χ0n) is 8.91. The van der Waals surface area contributed by atoms with Crippen molar-refractivity contribution in [2.45, 2.75) is 12.6 Å². The van der Waals surface area contributed by atoms with Crippen molar-refractivity contribution in [3.8, 4) is 0 Å². The molecule has 1 fully saturated rings. The molecule has 0 aliphatic carbocycles. The van der Waals surface area contributed by atoms with Gasteiger partial charge < -0.3 is 9.84 Å². The largest absolute Gasteiger partial charge is 0.480 e. The van der Waals surface area contributed by atoms with Gasteiger partial charge in [0.2, 0.25) is 0 Å². The van der Waals surface area contributed by atoms with E-state index in [0.29, 0.717) is 25.5 Å².